The lowest BCUT2D eigenvalue weighted by Crippen LogP contribution is -2.13. The van der Waals surface area contributed by atoms with Gasteiger partial charge in [0.05, 0.1) is 17.3 Å². The number of nitrogens with one attached hydrogen (secondary N) is 1. The number of aliphatic hydroxyl groups excluding tert-OH is 1. The fourth-order valence-electron chi connectivity index (χ4n) is 1.64. The zero-order valence-corrected chi connectivity index (χ0v) is 12.7. The predicted molar refractivity (Wildman–Crippen MR) is 77.2 cm³/mol. The topological polar surface area (TPSA) is 66.4 Å². The Morgan fingerprint density at radius 1 is 1.40 bits per heavy atom. The minimum atomic E-state index is -3.79. The van der Waals surface area contributed by atoms with Crippen LogP contribution in [0, 0.1) is 12.7 Å². The largest absolute Gasteiger partial charge is 0.391 e. The molecule has 0 bridgehead atoms. The summed E-state index contributed by atoms with van der Waals surface area (Å²) in [5.41, 5.74) is 0.174. The lowest BCUT2D eigenvalue weighted by atomic mass is 10.3. The smallest absolute Gasteiger partial charge is 0.263 e. The predicted octanol–water partition coefficient (Wildman–Crippen LogP) is 3.14. The van der Waals surface area contributed by atoms with Crippen LogP contribution in [0.4, 0.5) is 10.1 Å². The molecule has 1 aromatic carbocycles. The summed E-state index contributed by atoms with van der Waals surface area (Å²) in [5.74, 6) is -0.621. The molecule has 0 aliphatic rings. The SMILES string of the molecule is Cc1sc(CO)cc1S(=O)(=O)Nc1ccc(F)c(Cl)c1. The molecule has 1 heterocycles. The summed E-state index contributed by atoms with van der Waals surface area (Å²) in [7, 11) is -3.79. The highest BCUT2D eigenvalue weighted by Crippen LogP contribution is 2.28. The lowest BCUT2D eigenvalue weighted by Gasteiger charge is -2.08. The summed E-state index contributed by atoms with van der Waals surface area (Å²) >= 11 is 6.81. The highest BCUT2D eigenvalue weighted by molar-refractivity contribution is 7.93. The van der Waals surface area contributed by atoms with Gasteiger partial charge in [-0.1, -0.05) is 11.6 Å². The molecule has 0 amide bonds. The molecule has 0 saturated heterocycles. The van der Waals surface area contributed by atoms with Crippen LogP contribution in [0.2, 0.25) is 5.02 Å². The summed E-state index contributed by atoms with van der Waals surface area (Å²) in [4.78, 5) is 1.21. The molecule has 4 nitrogen and oxygen atoms in total. The molecule has 2 aromatic rings. The molecular formula is C12H11ClFNO3S2. The Morgan fingerprint density at radius 3 is 2.65 bits per heavy atom. The molecule has 20 heavy (non-hydrogen) atoms. The van der Waals surface area contributed by atoms with Crippen LogP contribution in [0.3, 0.4) is 0 Å². The molecule has 0 fully saturated rings. The average molecular weight is 336 g/mol. The normalized spacial score (nSPS) is 11.6. The van der Waals surface area contributed by atoms with Gasteiger partial charge in [0.1, 0.15) is 10.7 Å². The summed E-state index contributed by atoms with van der Waals surface area (Å²) < 4.78 is 39.8. The van der Waals surface area contributed by atoms with Gasteiger partial charge in [0.15, 0.2) is 0 Å². The van der Waals surface area contributed by atoms with E-state index in [1.54, 1.807) is 6.92 Å². The van der Waals surface area contributed by atoms with Crippen molar-refractivity contribution in [3.63, 3.8) is 0 Å². The quantitative estimate of drug-likeness (QED) is 0.902. The van der Waals surface area contributed by atoms with Crippen molar-refractivity contribution in [1.82, 2.24) is 0 Å². The van der Waals surface area contributed by atoms with Crippen LogP contribution in [0.15, 0.2) is 29.2 Å². The Bertz CT molecular complexity index is 743. The van der Waals surface area contributed by atoms with E-state index in [0.29, 0.717) is 9.75 Å². The van der Waals surface area contributed by atoms with Crippen LogP contribution in [0.25, 0.3) is 0 Å². The maximum absolute atomic E-state index is 13.0. The number of thiophene rings is 1. The maximum atomic E-state index is 13.0. The fraction of sp³-hybridized carbons (Fsp3) is 0.167. The van der Waals surface area contributed by atoms with E-state index in [-0.39, 0.29) is 22.2 Å². The molecule has 108 valence electrons. The van der Waals surface area contributed by atoms with Crippen molar-refractivity contribution in [2.75, 3.05) is 4.72 Å². The van der Waals surface area contributed by atoms with Gasteiger partial charge in [-0.25, -0.2) is 12.8 Å². The van der Waals surface area contributed by atoms with Crippen molar-refractivity contribution in [2.45, 2.75) is 18.4 Å². The first-order valence-corrected chi connectivity index (χ1v) is 8.19. The molecule has 0 saturated carbocycles. The zero-order valence-electron chi connectivity index (χ0n) is 10.4. The molecule has 0 aliphatic heterocycles. The Morgan fingerprint density at radius 2 is 2.10 bits per heavy atom. The first-order chi connectivity index (χ1) is 9.33. The second-order valence-corrected chi connectivity index (χ2v) is 7.42. The second-order valence-electron chi connectivity index (χ2n) is 4.03. The Balaban J connectivity index is 2.35. The number of hydrogen-bond acceptors (Lipinski definition) is 4. The third-order valence-corrected chi connectivity index (χ3v) is 5.50. The maximum Gasteiger partial charge on any atom is 0.263 e. The van der Waals surface area contributed by atoms with Crippen molar-refractivity contribution in [2.24, 2.45) is 0 Å². The molecule has 1 aromatic heterocycles. The monoisotopic (exact) mass is 335 g/mol. The van der Waals surface area contributed by atoms with E-state index in [1.807, 2.05) is 0 Å². The third kappa shape index (κ3) is 3.12. The average Bonchev–Trinajstić information content (AvgIpc) is 2.76. The van der Waals surface area contributed by atoms with Crippen LogP contribution >= 0.6 is 22.9 Å². The summed E-state index contributed by atoms with van der Waals surface area (Å²) in [6.07, 6.45) is 0. The number of halogens is 2. The zero-order chi connectivity index (χ0) is 14.9. The molecule has 0 aliphatic carbocycles. The Hall–Kier alpha value is -1.15. The highest BCUT2D eigenvalue weighted by Gasteiger charge is 2.20. The minimum absolute atomic E-state index is 0.0898. The van der Waals surface area contributed by atoms with Crippen molar-refractivity contribution in [3.8, 4) is 0 Å². The van der Waals surface area contributed by atoms with Crippen molar-refractivity contribution < 1.29 is 17.9 Å². The number of anilines is 1. The Kier molecular flexibility index (Phi) is 4.33. The van der Waals surface area contributed by atoms with Gasteiger partial charge < -0.3 is 5.11 Å². The van der Waals surface area contributed by atoms with E-state index < -0.39 is 15.8 Å². The molecule has 0 spiro atoms. The molecule has 0 radical (unpaired) electrons. The van der Waals surface area contributed by atoms with Crippen LogP contribution < -0.4 is 4.72 Å². The minimum Gasteiger partial charge on any atom is -0.391 e. The van der Waals surface area contributed by atoms with Crippen molar-refractivity contribution >= 4 is 38.6 Å². The van der Waals surface area contributed by atoms with E-state index in [1.165, 1.54) is 29.5 Å². The van der Waals surface area contributed by atoms with E-state index in [2.05, 4.69) is 4.72 Å². The van der Waals surface area contributed by atoms with Crippen molar-refractivity contribution in [1.29, 1.82) is 0 Å². The number of benzene rings is 1. The van der Waals surface area contributed by atoms with E-state index in [0.717, 1.165) is 6.07 Å². The van der Waals surface area contributed by atoms with E-state index >= 15 is 0 Å². The van der Waals surface area contributed by atoms with Crippen LogP contribution in [-0.2, 0) is 16.6 Å². The molecular weight excluding hydrogens is 325 g/mol. The number of aryl methyl sites for hydroxylation is 1. The molecule has 0 atom stereocenters. The first-order valence-electron chi connectivity index (χ1n) is 5.51. The van der Waals surface area contributed by atoms with Gasteiger partial charge in [0.25, 0.3) is 10.0 Å². The van der Waals surface area contributed by atoms with Gasteiger partial charge in [0, 0.05) is 9.75 Å². The van der Waals surface area contributed by atoms with Gasteiger partial charge in [-0.2, -0.15) is 0 Å². The van der Waals surface area contributed by atoms with Crippen LogP contribution in [-0.4, -0.2) is 13.5 Å². The number of aliphatic hydroxyl groups is 1. The van der Waals surface area contributed by atoms with E-state index in [4.69, 9.17) is 16.7 Å². The van der Waals surface area contributed by atoms with Gasteiger partial charge in [-0.3, -0.25) is 4.72 Å². The fourth-order valence-corrected chi connectivity index (χ4v) is 4.37. The number of sulfonamides is 1. The van der Waals surface area contributed by atoms with Gasteiger partial charge in [-0.15, -0.1) is 11.3 Å². The van der Waals surface area contributed by atoms with Gasteiger partial charge in [-0.05, 0) is 31.2 Å². The molecule has 8 heteroatoms. The summed E-state index contributed by atoms with van der Waals surface area (Å²) in [5, 5.41) is 8.87. The molecule has 2 rings (SSSR count). The standard InChI is InChI=1S/C12H11ClFNO3S2/c1-7-12(5-9(6-16)19-7)20(17,18)15-8-2-3-11(14)10(13)4-8/h2-5,15-16H,6H2,1H3. The highest BCUT2D eigenvalue weighted by atomic mass is 35.5. The number of rotatable bonds is 4. The molecule has 2 N–H and O–H groups in total. The van der Waals surface area contributed by atoms with Gasteiger partial charge in [0.2, 0.25) is 0 Å². The van der Waals surface area contributed by atoms with Crippen molar-refractivity contribution in [3.05, 3.63) is 44.9 Å². The summed E-state index contributed by atoms with van der Waals surface area (Å²) in [6.45, 7) is 1.43. The first kappa shape index (κ1) is 15.2. The second kappa shape index (κ2) is 5.69. The van der Waals surface area contributed by atoms with E-state index in [9.17, 15) is 12.8 Å². The third-order valence-electron chi connectivity index (χ3n) is 2.54. The molecule has 0 unspecified atom stereocenters. The summed E-state index contributed by atoms with van der Waals surface area (Å²) in [6, 6.07) is 4.98. The Labute approximate surface area is 124 Å². The van der Waals surface area contributed by atoms with Crippen LogP contribution in [0.1, 0.15) is 9.75 Å². The lowest BCUT2D eigenvalue weighted by molar-refractivity contribution is 0.285. The van der Waals surface area contributed by atoms with Gasteiger partial charge >= 0.3 is 0 Å². The van der Waals surface area contributed by atoms with Crippen LogP contribution in [0.5, 0.6) is 0 Å². The number of hydrogen-bond donors (Lipinski definition) is 2.